The van der Waals surface area contributed by atoms with Gasteiger partial charge in [0, 0.05) is 11.3 Å². The summed E-state index contributed by atoms with van der Waals surface area (Å²) < 4.78 is 21.2. The standard InChI is InChI=1S/C23H21Cl2NO6/c1-12-19(23(28)32-5)15(22(27)26(12)14-7-8-16(24)17(25)11-14)10-13-6-9-18(29-2)21(31-4)20(13)30-3/h6-11H,1-5H3/b15-10-. The molecule has 0 saturated heterocycles. The van der Waals surface area contributed by atoms with Crippen molar-refractivity contribution in [2.45, 2.75) is 6.92 Å². The maximum absolute atomic E-state index is 13.5. The molecule has 0 saturated carbocycles. The number of ether oxygens (including phenoxy) is 4. The third kappa shape index (κ3) is 4.01. The first kappa shape index (κ1) is 23.5. The highest BCUT2D eigenvalue weighted by atomic mass is 35.5. The van der Waals surface area contributed by atoms with Gasteiger partial charge in [-0.25, -0.2) is 4.79 Å². The van der Waals surface area contributed by atoms with Crippen molar-refractivity contribution in [3.8, 4) is 17.2 Å². The summed E-state index contributed by atoms with van der Waals surface area (Å²) in [6.45, 7) is 1.65. The van der Waals surface area contributed by atoms with Gasteiger partial charge in [0.15, 0.2) is 11.5 Å². The number of anilines is 1. The zero-order valence-electron chi connectivity index (χ0n) is 18.1. The van der Waals surface area contributed by atoms with Gasteiger partial charge in [0.2, 0.25) is 5.75 Å². The van der Waals surface area contributed by atoms with E-state index in [1.54, 1.807) is 43.3 Å². The lowest BCUT2D eigenvalue weighted by atomic mass is 10.0. The Morgan fingerprint density at radius 2 is 1.62 bits per heavy atom. The molecule has 2 aromatic rings. The Labute approximate surface area is 195 Å². The molecule has 0 unspecified atom stereocenters. The molecule has 2 aromatic carbocycles. The first-order valence-corrected chi connectivity index (χ1v) is 10.1. The molecule has 1 heterocycles. The molecule has 0 aliphatic carbocycles. The van der Waals surface area contributed by atoms with Crippen LogP contribution in [0.15, 0.2) is 47.2 Å². The minimum absolute atomic E-state index is 0.125. The molecule has 168 valence electrons. The number of carbonyl (C=O) groups excluding carboxylic acids is 2. The van der Waals surface area contributed by atoms with E-state index < -0.39 is 11.9 Å². The van der Waals surface area contributed by atoms with Crippen molar-refractivity contribution in [1.29, 1.82) is 0 Å². The van der Waals surface area contributed by atoms with E-state index in [0.717, 1.165) is 0 Å². The first-order chi connectivity index (χ1) is 15.3. The van der Waals surface area contributed by atoms with Gasteiger partial charge in [0.1, 0.15) is 0 Å². The van der Waals surface area contributed by atoms with Gasteiger partial charge in [0.05, 0.1) is 55.3 Å². The summed E-state index contributed by atoms with van der Waals surface area (Å²) in [4.78, 5) is 27.5. The average molecular weight is 478 g/mol. The van der Waals surface area contributed by atoms with Gasteiger partial charge in [-0.3, -0.25) is 9.69 Å². The van der Waals surface area contributed by atoms with Crippen LogP contribution in [0.2, 0.25) is 10.0 Å². The highest BCUT2D eigenvalue weighted by Gasteiger charge is 2.38. The summed E-state index contributed by atoms with van der Waals surface area (Å²) in [6.07, 6.45) is 1.55. The highest BCUT2D eigenvalue weighted by molar-refractivity contribution is 6.42. The SMILES string of the molecule is COC(=O)C1=C(C)N(c2ccc(Cl)c(Cl)c2)C(=O)/C1=C\c1ccc(OC)c(OC)c1OC. The number of nitrogens with zero attached hydrogens (tertiary/aromatic N) is 1. The Kier molecular flexibility index (Phi) is 7.01. The summed E-state index contributed by atoms with van der Waals surface area (Å²) in [5.41, 5.74) is 1.63. The number of hydrogen-bond donors (Lipinski definition) is 0. The molecular formula is C23H21Cl2NO6. The summed E-state index contributed by atoms with van der Waals surface area (Å²) in [6, 6.07) is 8.16. The number of allylic oxidation sites excluding steroid dienone is 1. The van der Waals surface area contributed by atoms with Crippen molar-refractivity contribution < 1.29 is 28.5 Å². The third-order valence-electron chi connectivity index (χ3n) is 4.99. The van der Waals surface area contributed by atoms with E-state index >= 15 is 0 Å². The van der Waals surface area contributed by atoms with Gasteiger partial charge in [-0.15, -0.1) is 0 Å². The van der Waals surface area contributed by atoms with Crippen LogP contribution >= 0.6 is 23.2 Å². The number of methoxy groups -OCH3 is 4. The lowest BCUT2D eigenvalue weighted by Crippen LogP contribution is -2.24. The van der Waals surface area contributed by atoms with Crippen molar-refractivity contribution in [2.24, 2.45) is 0 Å². The van der Waals surface area contributed by atoms with E-state index in [1.807, 2.05) is 0 Å². The van der Waals surface area contributed by atoms with Crippen molar-refractivity contribution in [1.82, 2.24) is 0 Å². The van der Waals surface area contributed by atoms with Crippen LogP contribution in [0, 0.1) is 0 Å². The summed E-state index contributed by atoms with van der Waals surface area (Å²) in [7, 11) is 5.71. The van der Waals surface area contributed by atoms with Crippen LogP contribution in [0.5, 0.6) is 17.2 Å². The maximum atomic E-state index is 13.5. The Morgan fingerprint density at radius 3 is 2.19 bits per heavy atom. The van der Waals surface area contributed by atoms with Crippen molar-refractivity contribution >= 4 is 46.8 Å². The Bertz CT molecular complexity index is 1160. The number of halogens is 2. The fraction of sp³-hybridized carbons (Fsp3) is 0.217. The minimum atomic E-state index is -0.649. The molecule has 0 spiro atoms. The summed E-state index contributed by atoms with van der Waals surface area (Å²) in [5, 5.41) is 0.631. The van der Waals surface area contributed by atoms with Gasteiger partial charge in [-0.1, -0.05) is 23.2 Å². The average Bonchev–Trinajstić information content (AvgIpc) is 3.03. The number of benzene rings is 2. The van der Waals surface area contributed by atoms with E-state index in [9.17, 15) is 9.59 Å². The lowest BCUT2D eigenvalue weighted by molar-refractivity contribution is -0.136. The van der Waals surface area contributed by atoms with Crippen molar-refractivity contribution in [2.75, 3.05) is 33.3 Å². The molecule has 1 aliphatic heterocycles. The molecule has 0 fully saturated rings. The molecule has 1 aliphatic rings. The summed E-state index contributed by atoms with van der Waals surface area (Å²) in [5.74, 6) is 0.0855. The third-order valence-corrected chi connectivity index (χ3v) is 5.72. The number of amides is 1. The fourth-order valence-electron chi connectivity index (χ4n) is 3.51. The zero-order chi connectivity index (χ0) is 23.6. The van der Waals surface area contributed by atoms with Crippen LogP contribution in [0.1, 0.15) is 12.5 Å². The topological polar surface area (TPSA) is 74.3 Å². The number of esters is 1. The van der Waals surface area contributed by atoms with Gasteiger partial charge < -0.3 is 18.9 Å². The quantitative estimate of drug-likeness (QED) is 0.435. The van der Waals surface area contributed by atoms with Gasteiger partial charge in [0.25, 0.3) is 5.91 Å². The predicted molar refractivity (Wildman–Crippen MR) is 123 cm³/mol. The molecule has 1 amide bonds. The van der Waals surface area contributed by atoms with Crippen LogP contribution in [-0.4, -0.2) is 40.3 Å². The van der Waals surface area contributed by atoms with Crippen LogP contribution in [-0.2, 0) is 14.3 Å². The Morgan fingerprint density at radius 1 is 0.938 bits per heavy atom. The van der Waals surface area contributed by atoms with Gasteiger partial charge in [-0.2, -0.15) is 0 Å². The molecule has 0 atom stereocenters. The molecule has 0 aromatic heterocycles. The largest absolute Gasteiger partial charge is 0.493 e. The molecule has 32 heavy (non-hydrogen) atoms. The second-order valence-corrected chi connectivity index (χ2v) is 7.49. The van der Waals surface area contributed by atoms with Crippen LogP contribution in [0.4, 0.5) is 5.69 Å². The predicted octanol–water partition coefficient (Wildman–Crippen LogP) is 4.90. The van der Waals surface area contributed by atoms with Crippen molar-refractivity contribution in [3.05, 3.63) is 62.8 Å². The monoisotopic (exact) mass is 477 g/mol. The van der Waals surface area contributed by atoms with E-state index in [1.165, 1.54) is 33.3 Å². The fourth-order valence-corrected chi connectivity index (χ4v) is 3.80. The molecule has 3 rings (SSSR count). The van der Waals surface area contributed by atoms with E-state index in [2.05, 4.69) is 0 Å². The van der Waals surface area contributed by atoms with E-state index in [0.29, 0.717) is 39.2 Å². The molecule has 0 bridgehead atoms. The molecule has 0 N–H and O–H groups in total. The second-order valence-electron chi connectivity index (χ2n) is 6.67. The van der Waals surface area contributed by atoms with Gasteiger partial charge in [-0.05, 0) is 43.3 Å². The number of rotatable bonds is 6. The molecule has 7 nitrogen and oxygen atoms in total. The summed E-state index contributed by atoms with van der Waals surface area (Å²) >= 11 is 12.2. The van der Waals surface area contributed by atoms with E-state index in [-0.39, 0.29) is 16.2 Å². The smallest absolute Gasteiger partial charge is 0.340 e. The molecular weight excluding hydrogens is 457 g/mol. The number of hydrogen-bond acceptors (Lipinski definition) is 6. The highest BCUT2D eigenvalue weighted by Crippen LogP contribution is 2.43. The normalized spacial score (nSPS) is 14.8. The number of carbonyl (C=O) groups is 2. The molecule has 9 heteroatoms. The zero-order valence-corrected chi connectivity index (χ0v) is 19.6. The lowest BCUT2D eigenvalue weighted by Gasteiger charge is -2.18. The van der Waals surface area contributed by atoms with Gasteiger partial charge >= 0.3 is 5.97 Å². The van der Waals surface area contributed by atoms with Crippen LogP contribution < -0.4 is 19.1 Å². The Balaban J connectivity index is 2.22. The van der Waals surface area contributed by atoms with E-state index in [4.69, 9.17) is 42.1 Å². The molecule has 0 radical (unpaired) electrons. The Hall–Kier alpha value is -3.16. The van der Waals surface area contributed by atoms with Crippen molar-refractivity contribution in [3.63, 3.8) is 0 Å². The minimum Gasteiger partial charge on any atom is -0.493 e. The van der Waals surface area contributed by atoms with Crippen LogP contribution in [0.25, 0.3) is 6.08 Å². The first-order valence-electron chi connectivity index (χ1n) is 9.38. The van der Waals surface area contributed by atoms with Crippen LogP contribution in [0.3, 0.4) is 0 Å². The second kappa shape index (κ2) is 9.54. The maximum Gasteiger partial charge on any atom is 0.340 e.